The Labute approximate surface area is 100 Å². The summed E-state index contributed by atoms with van der Waals surface area (Å²) in [5.74, 6) is 0.225. The number of carboxylic acids is 1. The van der Waals surface area contributed by atoms with Gasteiger partial charge in [0.15, 0.2) is 0 Å². The van der Waals surface area contributed by atoms with E-state index in [2.05, 4.69) is 0 Å². The normalized spacial score (nSPS) is 10.3. The van der Waals surface area contributed by atoms with Crippen molar-refractivity contribution in [1.82, 2.24) is 0 Å². The van der Waals surface area contributed by atoms with Crippen molar-refractivity contribution in [1.29, 1.82) is 0 Å². The number of unbranched alkanes of at least 4 members (excludes halogenated alkanes) is 1. The molecule has 0 aliphatic heterocycles. The van der Waals surface area contributed by atoms with Crippen LogP contribution in [-0.4, -0.2) is 16.8 Å². The molecular formula is C12H17NO2S. The lowest BCUT2D eigenvalue weighted by atomic mass is 10.2. The van der Waals surface area contributed by atoms with E-state index in [1.807, 2.05) is 25.1 Å². The molecule has 3 nitrogen and oxygen atoms in total. The second-order valence-electron chi connectivity index (χ2n) is 3.67. The Hall–Kier alpha value is -1.16. The number of rotatable bonds is 6. The Morgan fingerprint density at radius 2 is 2.19 bits per heavy atom. The molecule has 0 unspecified atom stereocenters. The van der Waals surface area contributed by atoms with Crippen LogP contribution in [0.1, 0.15) is 24.8 Å². The number of carboxylic acid groups (broad SMARTS) is 1. The summed E-state index contributed by atoms with van der Waals surface area (Å²) in [5.41, 5.74) is 7.73. The van der Waals surface area contributed by atoms with Gasteiger partial charge in [0.2, 0.25) is 0 Å². The first-order valence-electron chi connectivity index (χ1n) is 5.31. The van der Waals surface area contributed by atoms with E-state index in [1.165, 1.54) is 4.90 Å². The molecule has 0 saturated carbocycles. The average molecular weight is 239 g/mol. The number of thioether (sulfide) groups is 1. The standard InChI is InChI=1S/C12H17NO2S/c1-9-10(13)5-4-6-11(9)16-8-3-2-7-12(14)15/h4-6H,2-3,7-8,13H2,1H3,(H,14,15). The second kappa shape index (κ2) is 6.43. The molecule has 4 heteroatoms. The molecule has 16 heavy (non-hydrogen) atoms. The van der Waals surface area contributed by atoms with Gasteiger partial charge in [-0.1, -0.05) is 6.07 Å². The highest BCUT2D eigenvalue weighted by atomic mass is 32.2. The first-order valence-corrected chi connectivity index (χ1v) is 6.29. The Morgan fingerprint density at radius 3 is 2.88 bits per heavy atom. The lowest BCUT2D eigenvalue weighted by molar-refractivity contribution is -0.137. The minimum Gasteiger partial charge on any atom is -0.481 e. The van der Waals surface area contributed by atoms with Crippen LogP contribution in [0.2, 0.25) is 0 Å². The topological polar surface area (TPSA) is 63.3 Å². The van der Waals surface area contributed by atoms with Crippen molar-refractivity contribution in [2.45, 2.75) is 31.1 Å². The quantitative estimate of drug-likeness (QED) is 0.455. The monoisotopic (exact) mass is 239 g/mol. The number of carbonyl (C=O) groups is 1. The van der Waals surface area contributed by atoms with Gasteiger partial charge in [-0.2, -0.15) is 0 Å². The Morgan fingerprint density at radius 1 is 1.44 bits per heavy atom. The summed E-state index contributed by atoms with van der Waals surface area (Å²) in [6.45, 7) is 2.01. The fraction of sp³-hybridized carbons (Fsp3) is 0.417. The molecule has 88 valence electrons. The van der Waals surface area contributed by atoms with Crippen LogP contribution in [0.3, 0.4) is 0 Å². The third kappa shape index (κ3) is 4.14. The maximum atomic E-state index is 10.3. The largest absolute Gasteiger partial charge is 0.481 e. The van der Waals surface area contributed by atoms with E-state index in [9.17, 15) is 4.79 Å². The zero-order valence-corrected chi connectivity index (χ0v) is 10.2. The lowest BCUT2D eigenvalue weighted by Crippen LogP contribution is -1.95. The average Bonchev–Trinajstić information content (AvgIpc) is 2.23. The van der Waals surface area contributed by atoms with Crippen LogP contribution in [0.15, 0.2) is 23.1 Å². The molecule has 1 aromatic rings. The molecule has 0 aliphatic carbocycles. The zero-order valence-electron chi connectivity index (χ0n) is 9.40. The first kappa shape index (κ1) is 12.9. The van der Waals surface area contributed by atoms with E-state index in [-0.39, 0.29) is 6.42 Å². The van der Waals surface area contributed by atoms with E-state index in [0.717, 1.165) is 29.8 Å². The maximum absolute atomic E-state index is 10.3. The number of aliphatic carboxylic acids is 1. The van der Waals surface area contributed by atoms with Gasteiger partial charge in [0.25, 0.3) is 0 Å². The number of anilines is 1. The molecule has 0 heterocycles. The van der Waals surface area contributed by atoms with Crippen molar-refractivity contribution in [2.75, 3.05) is 11.5 Å². The molecule has 0 aliphatic rings. The van der Waals surface area contributed by atoms with E-state index < -0.39 is 5.97 Å². The van der Waals surface area contributed by atoms with Crippen LogP contribution < -0.4 is 5.73 Å². The summed E-state index contributed by atoms with van der Waals surface area (Å²) in [6.07, 6.45) is 1.92. The Kier molecular flexibility index (Phi) is 5.19. The second-order valence-corrected chi connectivity index (χ2v) is 4.81. The number of hydrogen-bond donors (Lipinski definition) is 2. The van der Waals surface area contributed by atoms with Crippen molar-refractivity contribution < 1.29 is 9.90 Å². The van der Waals surface area contributed by atoms with Crippen LogP contribution in [0.25, 0.3) is 0 Å². The summed E-state index contributed by atoms with van der Waals surface area (Å²) in [7, 11) is 0. The SMILES string of the molecule is Cc1c(N)cccc1SCCCCC(=O)O. The van der Waals surface area contributed by atoms with Gasteiger partial charge in [0.05, 0.1) is 0 Å². The molecular weight excluding hydrogens is 222 g/mol. The minimum absolute atomic E-state index is 0.260. The third-order valence-electron chi connectivity index (χ3n) is 2.37. The maximum Gasteiger partial charge on any atom is 0.303 e. The fourth-order valence-electron chi connectivity index (χ4n) is 1.35. The molecule has 0 aromatic heterocycles. The van der Waals surface area contributed by atoms with Crippen LogP contribution in [0.5, 0.6) is 0 Å². The van der Waals surface area contributed by atoms with Crippen molar-refractivity contribution in [2.24, 2.45) is 0 Å². The third-order valence-corrected chi connectivity index (χ3v) is 3.61. The number of nitrogen functional groups attached to an aromatic ring is 1. The summed E-state index contributed by atoms with van der Waals surface area (Å²) in [4.78, 5) is 11.5. The van der Waals surface area contributed by atoms with Gasteiger partial charge < -0.3 is 10.8 Å². The summed E-state index contributed by atoms with van der Waals surface area (Å²) < 4.78 is 0. The first-order chi connectivity index (χ1) is 7.61. The smallest absolute Gasteiger partial charge is 0.303 e. The van der Waals surface area contributed by atoms with E-state index in [0.29, 0.717) is 0 Å². The van der Waals surface area contributed by atoms with Gasteiger partial charge in [0, 0.05) is 17.0 Å². The number of nitrogens with two attached hydrogens (primary N) is 1. The Bertz CT molecular complexity index is 366. The molecule has 0 fully saturated rings. The van der Waals surface area contributed by atoms with Gasteiger partial charge >= 0.3 is 5.97 Å². The fourth-order valence-corrected chi connectivity index (χ4v) is 2.43. The Balaban J connectivity index is 2.32. The van der Waals surface area contributed by atoms with Crippen molar-refractivity contribution >= 4 is 23.4 Å². The molecule has 0 bridgehead atoms. The predicted molar refractivity (Wildman–Crippen MR) is 67.8 cm³/mol. The van der Waals surface area contributed by atoms with Gasteiger partial charge in [-0.15, -0.1) is 11.8 Å². The summed E-state index contributed by atoms with van der Waals surface area (Å²) in [6, 6.07) is 5.89. The van der Waals surface area contributed by atoms with Crippen molar-refractivity contribution in [3.8, 4) is 0 Å². The van der Waals surface area contributed by atoms with E-state index >= 15 is 0 Å². The molecule has 0 atom stereocenters. The molecule has 0 radical (unpaired) electrons. The van der Waals surface area contributed by atoms with Crippen LogP contribution in [0, 0.1) is 6.92 Å². The van der Waals surface area contributed by atoms with Crippen molar-refractivity contribution in [3.63, 3.8) is 0 Å². The molecule has 3 N–H and O–H groups in total. The highest BCUT2D eigenvalue weighted by Crippen LogP contribution is 2.26. The zero-order chi connectivity index (χ0) is 12.0. The minimum atomic E-state index is -0.717. The highest BCUT2D eigenvalue weighted by Gasteiger charge is 2.02. The summed E-state index contributed by atoms with van der Waals surface area (Å²) >= 11 is 1.74. The predicted octanol–water partition coefficient (Wildman–Crippen LogP) is 2.92. The van der Waals surface area contributed by atoms with Gasteiger partial charge in [-0.05, 0) is 43.2 Å². The van der Waals surface area contributed by atoms with Crippen LogP contribution in [0.4, 0.5) is 5.69 Å². The van der Waals surface area contributed by atoms with E-state index in [4.69, 9.17) is 10.8 Å². The highest BCUT2D eigenvalue weighted by molar-refractivity contribution is 7.99. The molecule has 1 aromatic carbocycles. The van der Waals surface area contributed by atoms with Crippen LogP contribution >= 0.6 is 11.8 Å². The van der Waals surface area contributed by atoms with Gasteiger partial charge in [-0.3, -0.25) is 4.79 Å². The summed E-state index contributed by atoms with van der Waals surface area (Å²) in [5, 5.41) is 8.49. The lowest BCUT2D eigenvalue weighted by Gasteiger charge is -2.07. The molecule has 1 rings (SSSR count). The number of benzene rings is 1. The molecule has 0 saturated heterocycles. The van der Waals surface area contributed by atoms with E-state index in [1.54, 1.807) is 11.8 Å². The van der Waals surface area contributed by atoms with Crippen molar-refractivity contribution in [3.05, 3.63) is 23.8 Å². The van der Waals surface area contributed by atoms with Crippen LogP contribution in [-0.2, 0) is 4.79 Å². The molecule has 0 amide bonds. The van der Waals surface area contributed by atoms with Gasteiger partial charge in [0.1, 0.15) is 0 Å². The number of hydrogen-bond acceptors (Lipinski definition) is 3. The van der Waals surface area contributed by atoms with Gasteiger partial charge in [-0.25, -0.2) is 0 Å². The molecule has 0 spiro atoms.